The summed E-state index contributed by atoms with van der Waals surface area (Å²) in [6, 6.07) is 11.7. The van der Waals surface area contributed by atoms with Gasteiger partial charge in [-0.15, -0.1) is 0 Å². The van der Waals surface area contributed by atoms with Gasteiger partial charge in [0.15, 0.2) is 5.11 Å². The van der Waals surface area contributed by atoms with Gasteiger partial charge in [-0.3, -0.25) is 10.1 Å². The van der Waals surface area contributed by atoms with Crippen molar-refractivity contribution in [2.45, 2.75) is 0 Å². The van der Waals surface area contributed by atoms with E-state index in [1.54, 1.807) is 25.3 Å². The van der Waals surface area contributed by atoms with Gasteiger partial charge in [0.2, 0.25) is 0 Å². The van der Waals surface area contributed by atoms with Gasteiger partial charge in [-0.1, -0.05) is 12.1 Å². The molecule has 8 heteroatoms. The van der Waals surface area contributed by atoms with Crippen LogP contribution in [0.25, 0.3) is 0 Å². The number of hydrogen-bond acceptors (Lipinski definition) is 5. The van der Waals surface area contributed by atoms with Crippen LogP contribution in [0.4, 0.5) is 17.1 Å². The molecule has 7 nitrogen and oxygen atoms in total. The minimum Gasteiger partial charge on any atom is -0.496 e. The molecule has 0 saturated heterocycles. The third-order valence-corrected chi connectivity index (χ3v) is 3.21. The summed E-state index contributed by atoms with van der Waals surface area (Å²) in [5.74, 6) is 1.01. The molecule has 0 atom stereocenters. The van der Waals surface area contributed by atoms with Gasteiger partial charge in [-0.25, -0.2) is 0 Å². The quantitative estimate of drug-likeness (QED) is 0.492. The zero-order valence-electron chi connectivity index (χ0n) is 12.5. The normalized spacial score (nSPS) is 9.83. The molecule has 0 fully saturated rings. The number of nitro groups is 1. The van der Waals surface area contributed by atoms with E-state index in [0.29, 0.717) is 17.2 Å². The van der Waals surface area contributed by atoms with Crippen LogP contribution in [0, 0.1) is 10.1 Å². The fraction of sp³-hybridized carbons (Fsp3) is 0.133. The molecule has 23 heavy (non-hydrogen) atoms. The number of nitro benzene ring substituents is 1. The molecular weight excluding hydrogens is 318 g/mol. The second kappa shape index (κ2) is 7.41. The van der Waals surface area contributed by atoms with Gasteiger partial charge < -0.3 is 20.1 Å². The Bertz CT molecular complexity index is 736. The van der Waals surface area contributed by atoms with Crippen molar-refractivity contribution >= 4 is 34.4 Å². The van der Waals surface area contributed by atoms with Crippen LogP contribution in [-0.2, 0) is 0 Å². The first-order valence-electron chi connectivity index (χ1n) is 6.58. The molecule has 2 aromatic rings. The Kier molecular flexibility index (Phi) is 5.32. The molecule has 0 aromatic heterocycles. The van der Waals surface area contributed by atoms with Gasteiger partial charge in [0.05, 0.1) is 30.9 Å². The summed E-state index contributed by atoms with van der Waals surface area (Å²) in [5, 5.41) is 17.1. The number of rotatable bonds is 5. The largest absolute Gasteiger partial charge is 0.496 e. The van der Waals surface area contributed by atoms with E-state index in [-0.39, 0.29) is 16.5 Å². The molecular formula is C15H15N3O4S. The number of hydrogen-bond donors (Lipinski definition) is 2. The highest BCUT2D eigenvalue weighted by Gasteiger charge is 2.16. The summed E-state index contributed by atoms with van der Waals surface area (Å²) in [6.45, 7) is 0. The lowest BCUT2D eigenvalue weighted by Crippen LogP contribution is -2.20. The Labute approximate surface area is 138 Å². The van der Waals surface area contributed by atoms with E-state index in [0.717, 1.165) is 0 Å². The number of benzene rings is 2. The van der Waals surface area contributed by atoms with Gasteiger partial charge >= 0.3 is 0 Å². The predicted molar refractivity (Wildman–Crippen MR) is 92.5 cm³/mol. The number of anilines is 2. The number of para-hydroxylation sites is 2. The highest BCUT2D eigenvalue weighted by atomic mass is 32.1. The summed E-state index contributed by atoms with van der Waals surface area (Å²) in [4.78, 5) is 10.7. The number of thiocarbonyl (C=S) groups is 1. The lowest BCUT2D eigenvalue weighted by molar-refractivity contribution is -0.384. The molecule has 0 spiro atoms. The highest BCUT2D eigenvalue weighted by Crippen LogP contribution is 2.29. The van der Waals surface area contributed by atoms with Crippen molar-refractivity contribution in [1.29, 1.82) is 0 Å². The predicted octanol–water partition coefficient (Wildman–Crippen LogP) is 3.42. The summed E-state index contributed by atoms with van der Waals surface area (Å²) in [7, 11) is 2.99. The van der Waals surface area contributed by atoms with Crippen molar-refractivity contribution in [3.8, 4) is 11.5 Å². The van der Waals surface area contributed by atoms with Crippen molar-refractivity contribution in [2.24, 2.45) is 0 Å². The van der Waals surface area contributed by atoms with Crippen molar-refractivity contribution in [2.75, 3.05) is 24.9 Å². The van der Waals surface area contributed by atoms with Crippen LogP contribution in [-0.4, -0.2) is 24.3 Å². The third kappa shape index (κ3) is 4.07. The minimum absolute atomic E-state index is 0.131. The van der Waals surface area contributed by atoms with Crippen LogP contribution in [0.3, 0.4) is 0 Å². The fourth-order valence-electron chi connectivity index (χ4n) is 1.92. The number of nitrogens with one attached hydrogen (secondary N) is 2. The van der Waals surface area contributed by atoms with Crippen molar-refractivity contribution < 1.29 is 14.4 Å². The number of ether oxygens (including phenoxy) is 2. The molecule has 0 aliphatic heterocycles. The summed E-state index contributed by atoms with van der Waals surface area (Å²) >= 11 is 5.20. The standard InChI is InChI=1S/C15H15N3O4S/c1-21-10-7-8-11(13(9-10)18(19)20)16-15(23)17-12-5-3-4-6-14(12)22-2/h3-9H,1-2H3,(H2,16,17,23). The summed E-state index contributed by atoms with van der Waals surface area (Å²) < 4.78 is 10.2. The van der Waals surface area contributed by atoms with E-state index < -0.39 is 4.92 Å². The first-order chi connectivity index (χ1) is 11.0. The average molecular weight is 333 g/mol. The average Bonchev–Trinajstić information content (AvgIpc) is 2.55. The molecule has 0 aliphatic carbocycles. The molecule has 2 rings (SSSR count). The maximum atomic E-state index is 11.2. The second-order valence-electron chi connectivity index (χ2n) is 4.42. The van der Waals surface area contributed by atoms with Crippen LogP contribution in [0.5, 0.6) is 11.5 Å². The molecule has 0 amide bonds. The molecule has 120 valence electrons. The zero-order valence-corrected chi connectivity index (χ0v) is 13.3. The van der Waals surface area contributed by atoms with E-state index in [9.17, 15) is 10.1 Å². The molecule has 2 aromatic carbocycles. The van der Waals surface area contributed by atoms with Crippen LogP contribution < -0.4 is 20.1 Å². The van der Waals surface area contributed by atoms with Gasteiger partial charge in [0, 0.05) is 0 Å². The maximum Gasteiger partial charge on any atom is 0.296 e. The number of nitrogens with zero attached hydrogens (tertiary/aromatic N) is 1. The molecule has 0 radical (unpaired) electrons. The van der Waals surface area contributed by atoms with Crippen LogP contribution in [0.15, 0.2) is 42.5 Å². The van der Waals surface area contributed by atoms with E-state index in [4.69, 9.17) is 21.7 Å². The fourth-order valence-corrected chi connectivity index (χ4v) is 2.14. The molecule has 0 heterocycles. The summed E-state index contributed by atoms with van der Waals surface area (Å²) in [5.41, 5.74) is 0.792. The van der Waals surface area contributed by atoms with Crippen molar-refractivity contribution in [3.05, 3.63) is 52.6 Å². The van der Waals surface area contributed by atoms with Crippen LogP contribution in [0.1, 0.15) is 0 Å². The van der Waals surface area contributed by atoms with Crippen molar-refractivity contribution in [1.82, 2.24) is 0 Å². The van der Waals surface area contributed by atoms with Gasteiger partial charge in [0.1, 0.15) is 17.2 Å². The SMILES string of the molecule is COc1ccc(NC(=S)Nc2ccccc2OC)c([N+](=O)[O-])c1. The molecule has 0 unspecified atom stereocenters. The Morgan fingerprint density at radius 1 is 1.09 bits per heavy atom. The molecule has 0 bridgehead atoms. The van der Waals surface area contributed by atoms with E-state index in [1.165, 1.54) is 19.2 Å². The first-order valence-corrected chi connectivity index (χ1v) is 6.99. The second-order valence-corrected chi connectivity index (χ2v) is 4.83. The Balaban J connectivity index is 2.18. The molecule has 0 saturated carbocycles. The molecule has 2 N–H and O–H groups in total. The maximum absolute atomic E-state index is 11.2. The Hall–Kier alpha value is -2.87. The van der Waals surface area contributed by atoms with Crippen LogP contribution in [0.2, 0.25) is 0 Å². The summed E-state index contributed by atoms with van der Waals surface area (Å²) in [6.07, 6.45) is 0. The highest BCUT2D eigenvalue weighted by molar-refractivity contribution is 7.80. The van der Waals surface area contributed by atoms with Gasteiger partial charge in [-0.05, 0) is 36.5 Å². The van der Waals surface area contributed by atoms with E-state index in [2.05, 4.69) is 10.6 Å². The zero-order chi connectivity index (χ0) is 16.8. The van der Waals surface area contributed by atoms with Crippen LogP contribution >= 0.6 is 12.2 Å². The van der Waals surface area contributed by atoms with Crippen molar-refractivity contribution in [3.63, 3.8) is 0 Å². The van der Waals surface area contributed by atoms with E-state index >= 15 is 0 Å². The van der Waals surface area contributed by atoms with Gasteiger partial charge in [-0.2, -0.15) is 0 Å². The van der Waals surface area contributed by atoms with Gasteiger partial charge in [0.25, 0.3) is 5.69 Å². The Morgan fingerprint density at radius 2 is 1.78 bits per heavy atom. The lowest BCUT2D eigenvalue weighted by Gasteiger charge is -2.13. The minimum atomic E-state index is -0.503. The first kappa shape index (κ1) is 16.5. The molecule has 0 aliphatic rings. The Morgan fingerprint density at radius 3 is 2.43 bits per heavy atom. The topological polar surface area (TPSA) is 85.7 Å². The number of methoxy groups -OCH3 is 2. The third-order valence-electron chi connectivity index (χ3n) is 3.00. The monoisotopic (exact) mass is 333 g/mol. The lowest BCUT2D eigenvalue weighted by atomic mass is 10.2. The smallest absolute Gasteiger partial charge is 0.296 e. The van der Waals surface area contributed by atoms with E-state index in [1.807, 2.05) is 12.1 Å².